The number of pyridine rings is 1. The third kappa shape index (κ3) is 5.16. The van der Waals surface area contributed by atoms with Crippen molar-refractivity contribution in [3.05, 3.63) is 89.6 Å². The van der Waals surface area contributed by atoms with Crippen molar-refractivity contribution in [2.45, 2.75) is 6.54 Å². The molecule has 2 heterocycles. The van der Waals surface area contributed by atoms with Gasteiger partial charge in [-0.1, -0.05) is 36.1 Å². The second-order valence-corrected chi connectivity index (χ2v) is 7.13. The first-order valence-electron chi connectivity index (χ1n) is 9.93. The van der Waals surface area contributed by atoms with E-state index in [0.29, 0.717) is 0 Å². The van der Waals surface area contributed by atoms with E-state index in [-0.39, 0.29) is 0 Å². The van der Waals surface area contributed by atoms with Crippen LogP contribution in [0.4, 0.5) is 5.82 Å². The quantitative estimate of drug-likeness (QED) is 0.641. The van der Waals surface area contributed by atoms with Crippen LogP contribution in [0.3, 0.4) is 0 Å². The molecule has 0 amide bonds. The van der Waals surface area contributed by atoms with E-state index < -0.39 is 0 Å². The number of ether oxygens (including phenoxy) is 1. The third-order valence-corrected chi connectivity index (χ3v) is 5.10. The van der Waals surface area contributed by atoms with Gasteiger partial charge in [0.05, 0.1) is 7.11 Å². The van der Waals surface area contributed by atoms with E-state index in [9.17, 15) is 0 Å². The van der Waals surface area contributed by atoms with Gasteiger partial charge in [0.2, 0.25) is 0 Å². The molecule has 4 nitrogen and oxygen atoms in total. The molecule has 0 spiro atoms. The van der Waals surface area contributed by atoms with Gasteiger partial charge < -0.3 is 9.64 Å². The number of benzene rings is 2. The zero-order chi connectivity index (χ0) is 19.9. The van der Waals surface area contributed by atoms with E-state index in [4.69, 9.17) is 4.74 Å². The molecule has 1 aliphatic rings. The van der Waals surface area contributed by atoms with Gasteiger partial charge in [-0.3, -0.25) is 4.90 Å². The maximum Gasteiger partial charge on any atom is 0.128 e. The summed E-state index contributed by atoms with van der Waals surface area (Å²) >= 11 is 0. The molecule has 0 N–H and O–H groups in total. The molecule has 4 rings (SSSR count). The number of rotatable bonds is 4. The summed E-state index contributed by atoms with van der Waals surface area (Å²) in [4.78, 5) is 9.31. The summed E-state index contributed by atoms with van der Waals surface area (Å²) in [6.45, 7) is 5.04. The first-order chi connectivity index (χ1) is 14.3. The Bertz CT molecular complexity index is 999. The highest BCUT2D eigenvalue weighted by molar-refractivity contribution is 5.46. The normalized spacial score (nSPS) is 14.2. The van der Waals surface area contributed by atoms with Crippen molar-refractivity contribution < 1.29 is 4.74 Å². The van der Waals surface area contributed by atoms with Crippen LogP contribution >= 0.6 is 0 Å². The molecule has 0 bridgehead atoms. The average Bonchev–Trinajstić information content (AvgIpc) is 2.79. The van der Waals surface area contributed by atoms with Gasteiger partial charge in [-0.25, -0.2) is 4.98 Å². The van der Waals surface area contributed by atoms with E-state index in [0.717, 1.165) is 55.4 Å². The van der Waals surface area contributed by atoms with Crippen LogP contribution in [0.25, 0.3) is 0 Å². The molecular formula is C25H25N3O. The first kappa shape index (κ1) is 19.0. The summed E-state index contributed by atoms with van der Waals surface area (Å²) in [5, 5.41) is 0. The monoisotopic (exact) mass is 383 g/mol. The van der Waals surface area contributed by atoms with Crippen LogP contribution in [-0.4, -0.2) is 43.2 Å². The van der Waals surface area contributed by atoms with Crippen LogP contribution < -0.4 is 9.64 Å². The fourth-order valence-corrected chi connectivity index (χ4v) is 3.53. The van der Waals surface area contributed by atoms with Crippen molar-refractivity contribution in [2.24, 2.45) is 0 Å². The van der Waals surface area contributed by atoms with Gasteiger partial charge in [0.15, 0.2) is 0 Å². The number of piperazine rings is 1. The Kier molecular flexibility index (Phi) is 6.09. The van der Waals surface area contributed by atoms with Crippen molar-refractivity contribution >= 4 is 5.82 Å². The molecule has 1 fully saturated rings. The number of hydrogen-bond acceptors (Lipinski definition) is 4. The highest BCUT2D eigenvalue weighted by atomic mass is 16.5. The zero-order valence-electron chi connectivity index (χ0n) is 16.7. The van der Waals surface area contributed by atoms with E-state index in [1.807, 2.05) is 42.6 Å². The molecule has 0 unspecified atom stereocenters. The van der Waals surface area contributed by atoms with Crippen LogP contribution in [-0.2, 0) is 6.54 Å². The molecule has 0 atom stereocenters. The van der Waals surface area contributed by atoms with Crippen LogP contribution in [0.1, 0.15) is 16.7 Å². The molecule has 2 aromatic carbocycles. The van der Waals surface area contributed by atoms with Crippen molar-refractivity contribution in [1.29, 1.82) is 0 Å². The molecule has 0 radical (unpaired) electrons. The van der Waals surface area contributed by atoms with Gasteiger partial charge in [-0.05, 0) is 48.0 Å². The molecule has 146 valence electrons. The number of nitrogens with zero attached hydrogens (tertiary/aromatic N) is 3. The lowest BCUT2D eigenvalue weighted by Crippen LogP contribution is -2.46. The summed E-state index contributed by atoms with van der Waals surface area (Å²) in [5.41, 5.74) is 3.30. The molecule has 29 heavy (non-hydrogen) atoms. The first-order valence-corrected chi connectivity index (χ1v) is 9.93. The van der Waals surface area contributed by atoms with Gasteiger partial charge in [-0.15, -0.1) is 0 Å². The Labute approximate surface area is 172 Å². The Morgan fingerprint density at radius 1 is 0.862 bits per heavy atom. The lowest BCUT2D eigenvalue weighted by molar-refractivity contribution is 0.249. The predicted octanol–water partition coefficient (Wildman–Crippen LogP) is 3.81. The van der Waals surface area contributed by atoms with Crippen LogP contribution in [0, 0.1) is 11.8 Å². The Hall–Kier alpha value is -3.29. The van der Waals surface area contributed by atoms with Gasteiger partial charge in [0.1, 0.15) is 11.6 Å². The smallest absolute Gasteiger partial charge is 0.128 e. The molecule has 0 saturated carbocycles. The Morgan fingerprint density at radius 2 is 1.62 bits per heavy atom. The molecule has 4 heteroatoms. The molecule has 1 saturated heterocycles. The van der Waals surface area contributed by atoms with E-state index in [2.05, 4.69) is 57.0 Å². The summed E-state index contributed by atoms with van der Waals surface area (Å²) in [6.07, 6.45) is 1.86. The third-order valence-electron chi connectivity index (χ3n) is 5.10. The van der Waals surface area contributed by atoms with Crippen molar-refractivity contribution in [3.8, 4) is 17.6 Å². The van der Waals surface area contributed by atoms with Crippen molar-refractivity contribution in [2.75, 3.05) is 38.2 Å². The molecule has 0 aliphatic carbocycles. The lowest BCUT2D eigenvalue weighted by Gasteiger charge is -2.35. The topological polar surface area (TPSA) is 28.6 Å². The minimum absolute atomic E-state index is 0.829. The molecule has 1 aliphatic heterocycles. The van der Waals surface area contributed by atoms with Crippen molar-refractivity contribution in [3.63, 3.8) is 0 Å². The van der Waals surface area contributed by atoms with Crippen LogP contribution in [0.15, 0.2) is 72.9 Å². The van der Waals surface area contributed by atoms with Gasteiger partial charge in [0, 0.05) is 50.0 Å². The minimum Gasteiger partial charge on any atom is -0.497 e. The average molecular weight is 383 g/mol. The highest BCUT2D eigenvalue weighted by Crippen LogP contribution is 2.15. The molecule has 1 aromatic heterocycles. The summed E-state index contributed by atoms with van der Waals surface area (Å²) in [7, 11) is 1.67. The number of hydrogen-bond donors (Lipinski definition) is 0. The van der Waals surface area contributed by atoms with Crippen LogP contribution in [0.5, 0.6) is 5.75 Å². The van der Waals surface area contributed by atoms with Gasteiger partial charge in [0.25, 0.3) is 0 Å². The van der Waals surface area contributed by atoms with E-state index in [1.54, 1.807) is 7.11 Å². The van der Waals surface area contributed by atoms with Gasteiger partial charge >= 0.3 is 0 Å². The number of anilines is 1. The SMILES string of the molecule is COc1cccc(C#Cc2cccc(CN3CCN(c4ccccn4)CC3)c2)c1. The fourth-order valence-electron chi connectivity index (χ4n) is 3.53. The number of aromatic nitrogens is 1. The maximum absolute atomic E-state index is 5.27. The highest BCUT2D eigenvalue weighted by Gasteiger charge is 2.17. The standard InChI is InChI=1S/C25H25N3O/c1-29-24-9-5-7-22(19-24)12-11-21-6-4-8-23(18-21)20-27-14-16-28(17-15-27)25-10-2-3-13-26-25/h2-10,13,18-19H,14-17,20H2,1H3. The fraction of sp³-hybridized carbons (Fsp3) is 0.240. The second-order valence-electron chi connectivity index (χ2n) is 7.13. The van der Waals surface area contributed by atoms with Gasteiger partial charge in [-0.2, -0.15) is 0 Å². The Morgan fingerprint density at radius 3 is 2.34 bits per heavy atom. The second kappa shape index (κ2) is 9.27. The lowest BCUT2D eigenvalue weighted by atomic mass is 10.1. The minimum atomic E-state index is 0.829. The summed E-state index contributed by atoms with van der Waals surface area (Å²) < 4.78 is 5.27. The van der Waals surface area contributed by atoms with E-state index >= 15 is 0 Å². The maximum atomic E-state index is 5.27. The summed E-state index contributed by atoms with van der Waals surface area (Å²) in [6, 6.07) is 22.5. The number of methoxy groups -OCH3 is 1. The van der Waals surface area contributed by atoms with Crippen molar-refractivity contribution in [1.82, 2.24) is 9.88 Å². The van der Waals surface area contributed by atoms with Crippen LogP contribution in [0.2, 0.25) is 0 Å². The molecule has 3 aromatic rings. The molecular weight excluding hydrogens is 358 g/mol. The Balaban J connectivity index is 1.37. The zero-order valence-corrected chi connectivity index (χ0v) is 16.7. The predicted molar refractivity (Wildman–Crippen MR) is 117 cm³/mol. The largest absolute Gasteiger partial charge is 0.497 e. The van der Waals surface area contributed by atoms with E-state index in [1.165, 1.54) is 5.56 Å². The summed E-state index contributed by atoms with van der Waals surface area (Å²) in [5.74, 6) is 8.41.